The highest BCUT2D eigenvalue weighted by Crippen LogP contribution is 2.30. The lowest BCUT2D eigenvalue weighted by atomic mass is 9.88. The lowest BCUT2D eigenvalue weighted by molar-refractivity contribution is -0.159. The van der Waals surface area contributed by atoms with E-state index >= 15 is 0 Å². The third-order valence-electron chi connectivity index (χ3n) is 6.61. The maximum Gasteiger partial charge on any atom is 0.309 e. The van der Waals surface area contributed by atoms with Gasteiger partial charge in [0.2, 0.25) is 0 Å². The SMILES string of the molecule is COCC[C@H](Cc1ccc(F)cc1)[C@@H](Oc1ccccc1)[C@H](C)OC(=O)[C@H](C)CC(=O)c1nccc(OC)c1O. The third kappa shape index (κ3) is 8.51. The highest BCUT2D eigenvalue weighted by atomic mass is 19.1. The number of hydrogen-bond donors (Lipinski definition) is 1. The van der Waals surface area contributed by atoms with Crippen LogP contribution in [0.15, 0.2) is 66.9 Å². The first-order valence-electron chi connectivity index (χ1n) is 13.1. The molecule has 0 aliphatic heterocycles. The van der Waals surface area contributed by atoms with Gasteiger partial charge in [-0.2, -0.15) is 0 Å². The van der Waals surface area contributed by atoms with E-state index in [-0.39, 0.29) is 35.3 Å². The first-order chi connectivity index (χ1) is 19.2. The number of ketones is 1. The van der Waals surface area contributed by atoms with Crippen LogP contribution in [-0.4, -0.2) is 54.9 Å². The zero-order chi connectivity index (χ0) is 29.1. The molecule has 3 rings (SSSR count). The van der Waals surface area contributed by atoms with E-state index in [1.54, 1.807) is 33.1 Å². The Hall–Kier alpha value is -3.98. The Morgan fingerprint density at radius 3 is 2.35 bits per heavy atom. The van der Waals surface area contributed by atoms with Gasteiger partial charge in [-0.3, -0.25) is 9.59 Å². The summed E-state index contributed by atoms with van der Waals surface area (Å²) < 4.78 is 36.1. The molecule has 1 N–H and O–H groups in total. The normalized spacial score (nSPS) is 14.0. The minimum absolute atomic E-state index is 0.117. The molecule has 0 spiro atoms. The molecule has 0 saturated heterocycles. The Bertz CT molecular complexity index is 1240. The predicted octanol–water partition coefficient (Wildman–Crippen LogP) is 5.42. The first-order valence-corrected chi connectivity index (χ1v) is 13.1. The standard InChI is InChI=1S/C31H36FNO7/c1-20(18-26(34)28-29(35)27(38-4)14-16-33-28)31(36)39-21(2)30(40-25-8-6-5-7-9-25)23(15-17-37-3)19-22-10-12-24(32)13-11-22/h5-14,16,20-21,23,30,35H,15,17-19H2,1-4H3/t20-,21+,23-,30+/m1/s1. The summed E-state index contributed by atoms with van der Waals surface area (Å²) in [6.45, 7) is 3.78. The monoisotopic (exact) mass is 553 g/mol. The maximum atomic E-state index is 13.5. The minimum atomic E-state index is -0.811. The number of ether oxygens (including phenoxy) is 4. The molecule has 0 aliphatic carbocycles. The summed E-state index contributed by atoms with van der Waals surface area (Å²) in [4.78, 5) is 29.9. The van der Waals surface area contributed by atoms with E-state index in [1.165, 1.54) is 31.5 Å². The fourth-order valence-corrected chi connectivity index (χ4v) is 4.44. The van der Waals surface area contributed by atoms with E-state index in [1.807, 2.05) is 30.3 Å². The Morgan fingerprint density at radius 2 is 1.70 bits per heavy atom. The Balaban J connectivity index is 1.78. The van der Waals surface area contributed by atoms with Crippen molar-refractivity contribution in [3.63, 3.8) is 0 Å². The van der Waals surface area contributed by atoms with Crippen LogP contribution < -0.4 is 9.47 Å². The van der Waals surface area contributed by atoms with Gasteiger partial charge in [0.25, 0.3) is 0 Å². The minimum Gasteiger partial charge on any atom is -0.503 e. The molecule has 0 saturated carbocycles. The van der Waals surface area contributed by atoms with Crippen molar-refractivity contribution in [2.24, 2.45) is 11.8 Å². The molecule has 9 heteroatoms. The second-order valence-electron chi connectivity index (χ2n) is 9.65. The van der Waals surface area contributed by atoms with Crippen LogP contribution in [0.1, 0.15) is 42.7 Å². The maximum absolute atomic E-state index is 13.5. The number of methoxy groups -OCH3 is 2. The lowest BCUT2D eigenvalue weighted by Crippen LogP contribution is -2.42. The van der Waals surface area contributed by atoms with Crippen LogP contribution in [-0.2, 0) is 20.7 Å². The number of esters is 1. The van der Waals surface area contributed by atoms with Crippen molar-refractivity contribution in [2.45, 2.75) is 45.3 Å². The summed E-state index contributed by atoms with van der Waals surface area (Å²) in [5.74, 6) is -2.03. The summed E-state index contributed by atoms with van der Waals surface area (Å²) in [6, 6.07) is 16.9. The second-order valence-corrected chi connectivity index (χ2v) is 9.65. The van der Waals surface area contributed by atoms with E-state index in [2.05, 4.69) is 4.98 Å². The van der Waals surface area contributed by atoms with Gasteiger partial charge in [-0.15, -0.1) is 0 Å². The Morgan fingerprint density at radius 1 is 1.00 bits per heavy atom. The molecule has 1 heterocycles. The van der Waals surface area contributed by atoms with Crippen LogP contribution in [0, 0.1) is 17.7 Å². The molecule has 0 amide bonds. The summed E-state index contributed by atoms with van der Waals surface area (Å²) in [5.41, 5.74) is 0.739. The summed E-state index contributed by atoms with van der Waals surface area (Å²) in [5, 5.41) is 10.3. The first kappa shape index (κ1) is 30.6. The molecule has 40 heavy (non-hydrogen) atoms. The molecule has 1 aromatic heterocycles. The van der Waals surface area contributed by atoms with E-state index < -0.39 is 29.9 Å². The van der Waals surface area contributed by atoms with Gasteiger partial charge in [-0.1, -0.05) is 37.3 Å². The number of para-hydroxylation sites is 1. The van der Waals surface area contributed by atoms with Crippen molar-refractivity contribution in [1.29, 1.82) is 0 Å². The van der Waals surface area contributed by atoms with Crippen LogP contribution in [0.2, 0.25) is 0 Å². The van der Waals surface area contributed by atoms with Gasteiger partial charge < -0.3 is 24.1 Å². The van der Waals surface area contributed by atoms with Crippen molar-refractivity contribution in [3.05, 3.63) is 83.9 Å². The van der Waals surface area contributed by atoms with Gasteiger partial charge in [-0.05, 0) is 49.6 Å². The summed E-state index contributed by atoms with van der Waals surface area (Å²) in [6.07, 6.45) is 1.00. The molecule has 0 bridgehead atoms. The topological polar surface area (TPSA) is 104 Å². The molecule has 214 valence electrons. The Labute approximate surface area is 234 Å². The smallest absolute Gasteiger partial charge is 0.309 e. The van der Waals surface area contributed by atoms with Gasteiger partial charge in [-0.25, -0.2) is 9.37 Å². The highest BCUT2D eigenvalue weighted by Gasteiger charge is 2.33. The molecule has 0 unspecified atom stereocenters. The van der Waals surface area contributed by atoms with Crippen LogP contribution >= 0.6 is 0 Å². The van der Waals surface area contributed by atoms with Crippen molar-refractivity contribution in [2.75, 3.05) is 20.8 Å². The number of carbonyl (C=O) groups is 2. The van der Waals surface area contributed by atoms with Gasteiger partial charge in [0.05, 0.1) is 13.0 Å². The summed E-state index contributed by atoms with van der Waals surface area (Å²) in [7, 11) is 2.98. The molecule has 8 nitrogen and oxygen atoms in total. The van der Waals surface area contributed by atoms with Crippen LogP contribution in [0.4, 0.5) is 4.39 Å². The second kappa shape index (κ2) is 15.0. The van der Waals surface area contributed by atoms with Gasteiger partial charge >= 0.3 is 5.97 Å². The van der Waals surface area contributed by atoms with E-state index in [0.29, 0.717) is 25.2 Å². The van der Waals surface area contributed by atoms with E-state index in [0.717, 1.165) is 5.56 Å². The number of halogens is 1. The molecular weight excluding hydrogens is 517 g/mol. The van der Waals surface area contributed by atoms with Crippen molar-refractivity contribution < 1.29 is 38.0 Å². The number of hydrogen-bond acceptors (Lipinski definition) is 8. The fraction of sp³-hybridized carbons (Fsp3) is 0.387. The fourth-order valence-electron chi connectivity index (χ4n) is 4.44. The predicted molar refractivity (Wildman–Crippen MR) is 147 cm³/mol. The van der Waals surface area contributed by atoms with Crippen LogP contribution in [0.25, 0.3) is 0 Å². The average molecular weight is 554 g/mol. The van der Waals surface area contributed by atoms with Crippen LogP contribution in [0.3, 0.4) is 0 Å². The highest BCUT2D eigenvalue weighted by molar-refractivity contribution is 5.99. The molecule has 0 radical (unpaired) electrons. The number of rotatable bonds is 15. The van der Waals surface area contributed by atoms with Crippen molar-refractivity contribution in [1.82, 2.24) is 4.98 Å². The van der Waals surface area contributed by atoms with Crippen molar-refractivity contribution >= 4 is 11.8 Å². The molecule has 0 fully saturated rings. The van der Waals surface area contributed by atoms with Gasteiger partial charge in [0.15, 0.2) is 23.0 Å². The summed E-state index contributed by atoms with van der Waals surface area (Å²) >= 11 is 0. The number of nitrogens with zero attached hydrogens (tertiary/aromatic N) is 1. The molecule has 4 atom stereocenters. The Kier molecular flexibility index (Phi) is 11.4. The van der Waals surface area contributed by atoms with Crippen molar-refractivity contribution in [3.8, 4) is 17.2 Å². The number of aromatic hydroxyl groups is 1. The zero-order valence-electron chi connectivity index (χ0n) is 23.2. The van der Waals surface area contributed by atoms with E-state index in [9.17, 15) is 19.1 Å². The van der Waals surface area contributed by atoms with Gasteiger partial charge in [0, 0.05) is 38.3 Å². The number of benzene rings is 2. The zero-order valence-corrected chi connectivity index (χ0v) is 23.2. The number of Topliss-reactive ketones (excluding diaryl/α,β-unsaturated/α-hetero) is 1. The van der Waals surface area contributed by atoms with Gasteiger partial charge in [0.1, 0.15) is 23.8 Å². The largest absolute Gasteiger partial charge is 0.503 e. The molecule has 0 aliphatic rings. The average Bonchev–Trinajstić information content (AvgIpc) is 2.95. The third-order valence-corrected chi connectivity index (χ3v) is 6.61. The number of carbonyl (C=O) groups excluding carboxylic acids is 2. The van der Waals surface area contributed by atoms with Crippen LogP contribution in [0.5, 0.6) is 17.2 Å². The number of pyridine rings is 1. The van der Waals surface area contributed by atoms with E-state index in [4.69, 9.17) is 18.9 Å². The number of aromatic nitrogens is 1. The molecule has 3 aromatic rings. The molecular formula is C31H36FNO7. The lowest BCUT2D eigenvalue weighted by Gasteiger charge is -2.33. The quantitative estimate of drug-likeness (QED) is 0.197. The molecule has 2 aromatic carbocycles.